The van der Waals surface area contributed by atoms with Gasteiger partial charge in [0.25, 0.3) is 18.5 Å². The predicted octanol–water partition coefficient (Wildman–Crippen LogP) is 12.7. The van der Waals surface area contributed by atoms with E-state index in [0.29, 0.717) is 5.92 Å². The van der Waals surface area contributed by atoms with Crippen molar-refractivity contribution in [1.82, 2.24) is 4.98 Å². The van der Waals surface area contributed by atoms with Crippen LogP contribution in [0.25, 0.3) is 11.6 Å². The van der Waals surface area contributed by atoms with Gasteiger partial charge in [0, 0.05) is 29.0 Å². The van der Waals surface area contributed by atoms with Gasteiger partial charge in [-0.3, -0.25) is 14.6 Å². The molecule has 0 aliphatic carbocycles. The molecule has 7 nitrogen and oxygen atoms in total. The van der Waals surface area contributed by atoms with Gasteiger partial charge in [0.1, 0.15) is 11.3 Å². The number of aliphatic imine (C=N–C) groups is 1. The largest absolute Gasteiger partial charge is 0.483 e. The number of H-pyrrole nitrogens is 1. The minimum atomic E-state index is -2.57. The molecule has 308 valence electrons. The first kappa shape index (κ1) is 52.9. The van der Waals surface area contributed by atoms with Gasteiger partial charge in [0.15, 0.2) is 0 Å². The fraction of sp³-hybridized carbons (Fsp3) is 0.614. The summed E-state index contributed by atoms with van der Waals surface area (Å²) in [6, 6.07) is 5.66. The predicted molar refractivity (Wildman–Crippen MR) is 228 cm³/mol. The first-order chi connectivity index (χ1) is 25.7. The maximum atomic E-state index is 13.3. The number of halogens is 2. The number of nitrogens with one attached hydrogen (secondary N) is 1. The fourth-order valence-electron chi connectivity index (χ4n) is 4.60. The highest BCUT2D eigenvalue weighted by Gasteiger charge is 2.42. The number of aryl methyl sites for hydroxylation is 1. The van der Waals surface area contributed by atoms with Crippen molar-refractivity contribution in [3.05, 3.63) is 80.6 Å². The smallest absolute Gasteiger partial charge is 0.290 e. The number of carbonyl (C=O) groups is 1. The van der Waals surface area contributed by atoms with Gasteiger partial charge in [-0.05, 0) is 85.6 Å². The lowest BCUT2D eigenvalue weighted by Gasteiger charge is -2.44. The van der Waals surface area contributed by atoms with Crippen molar-refractivity contribution in [2.75, 3.05) is 19.8 Å². The van der Waals surface area contributed by atoms with Crippen LogP contribution in [0.2, 0.25) is 0 Å². The van der Waals surface area contributed by atoms with Gasteiger partial charge in [-0.25, -0.2) is 8.78 Å². The minimum absolute atomic E-state index is 0.0352. The molecule has 2 aromatic rings. The third-order valence-corrected chi connectivity index (χ3v) is 10.1. The lowest BCUT2D eigenvalue weighted by Crippen LogP contribution is -2.56. The van der Waals surface area contributed by atoms with Crippen molar-refractivity contribution < 1.29 is 28.2 Å². The second-order valence-corrected chi connectivity index (χ2v) is 14.7. The molecule has 0 saturated carbocycles. The number of allylic oxidation sites excluding steroid dienone is 4. The van der Waals surface area contributed by atoms with E-state index in [1.165, 1.54) is 44.6 Å². The number of alkyl halides is 2. The lowest BCUT2D eigenvalue weighted by molar-refractivity contribution is -0.231. The molecule has 0 aromatic carbocycles. The van der Waals surface area contributed by atoms with E-state index >= 15 is 0 Å². The molecule has 2 N–H and O–H groups in total. The van der Waals surface area contributed by atoms with Crippen LogP contribution >= 0.6 is 11.3 Å². The number of rotatable bonds is 17. The van der Waals surface area contributed by atoms with Crippen molar-refractivity contribution >= 4 is 35.2 Å². The van der Waals surface area contributed by atoms with E-state index in [4.69, 9.17) is 19.4 Å². The van der Waals surface area contributed by atoms with E-state index in [1.54, 1.807) is 36.6 Å². The van der Waals surface area contributed by atoms with Crippen LogP contribution in [0.4, 0.5) is 8.78 Å². The first-order valence-corrected chi connectivity index (χ1v) is 20.4. The van der Waals surface area contributed by atoms with E-state index < -0.39 is 6.43 Å². The molecular formula is C44H72F2N2O5S. The molecule has 2 unspecified atom stereocenters. The molecule has 2 aromatic heterocycles. The Morgan fingerprint density at radius 2 is 1.72 bits per heavy atom. The molecule has 1 aliphatic heterocycles. The summed E-state index contributed by atoms with van der Waals surface area (Å²) in [6.45, 7) is 28.8. The Bertz CT molecular complexity index is 1390. The first-order valence-electron chi connectivity index (χ1n) is 19.6. The van der Waals surface area contributed by atoms with Gasteiger partial charge >= 0.3 is 0 Å². The summed E-state index contributed by atoms with van der Waals surface area (Å²) in [5, 5.41) is 8.84. The molecule has 0 spiro atoms. The molecule has 10 heteroatoms. The van der Waals surface area contributed by atoms with Crippen LogP contribution in [0.15, 0.2) is 64.0 Å². The Labute approximate surface area is 330 Å². The van der Waals surface area contributed by atoms with Crippen molar-refractivity contribution in [3.8, 4) is 0 Å². The molecule has 2 atom stereocenters. The summed E-state index contributed by atoms with van der Waals surface area (Å²) < 4.78 is 37.8. The third-order valence-electron chi connectivity index (χ3n) is 9.13. The summed E-state index contributed by atoms with van der Waals surface area (Å²) in [5.41, 5.74) is 3.09. The molecule has 0 radical (unpaired) electrons. The standard InChI is InChI=1S/C17H23F2NS.C12H24O2.C8H9NO.C6H14.CH2O2/c1-5-8-14(16-9-7-10-21-16)11-15(17(18)19)20-13(4)12(3)6-2;1-5-11(4)6-7-14-12(10(2)3)8-13-9-12;1-3-7-4-6(2)8(10)9-5-7;1-3-5-6-4-2;2-1-3/h7-12,17H,5-6H2,1-4H3;10-11H,5-9H2,1-4H3;3-5H,1H2,2H3,(H,9,10);3-6H2,1-2H3;1H,(H,2,3)/b14-8-,15-11-,20-13?;;;;. The van der Waals surface area contributed by atoms with Gasteiger partial charge in [0.05, 0.1) is 13.2 Å². The number of aromatic nitrogens is 1. The van der Waals surface area contributed by atoms with Crippen molar-refractivity contribution in [1.29, 1.82) is 0 Å². The summed E-state index contributed by atoms with van der Waals surface area (Å²) in [5.74, 6) is 1.56. The number of nitrogens with zero attached hydrogens (tertiary/aromatic N) is 1. The maximum absolute atomic E-state index is 13.3. The topological polar surface area (TPSA) is 101 Å². The summed E-state index contributed by atoms with van der Waals surface area (Å²) in [6.07, 6.45) is 13.9. The van der Waals surface area contributed by atoms with Gasteiger partial charge in [0.2, 0.25) is 0 Å². The number of hydrogen-bond donors (Lipinski definition) is 2. The number of carboxylic acid groups (broad SMARTS) is 1. The van der Waals surface area contributed by atoms with Gasteiger partial charge < -0.3 is 19.6 Å². The fourth-order valence-corrected chi connectivity index (χ4v) is 5.34. The number of thiophene rings is 1. The summed E-state index contributed by atoms with van der Waals surface area (Å²) >= 11 is 1.55. The Morgan fingerprint density at radius 1 is 1.11 bits per heavy atom. The molecule has 0 bridgehead atoms. The second-order valence-electron chi connectivity index (χ2n) is 13.8. The lowest BCUT2D eigenvalue weighted by atomic mass is 9.88. The van der Waals surface area contributed by atoms with Crippen LogP contribution in [0, 0.1) is 24.7 Å². The summed E-state index contributed by atoms with van der Waals surface area (Å²) in [4.78, 5) is 26.9. The van der Waals surface area contributed by atoms with Crippen LogP contribution in [0.5, 0.6) is 0 Å². The Balaban J connectivity index is 0. The molecule has 1 saturated heterocycles. The van der Waals surface area contributed by atoms with E-state index in [9.17, 15) is 13.6 Å². The molecule has 3 rings (SSSR count). The van der Waals surface area contributed by atoms with Crippen LogP contribution in [-0.2, 0) is 14.3 Å². The van der Waals surface area contributed by atoms with E-state index in [1.807, 2.05) is 51.3 Å². The maximum Gasteiger partial charge on any atom is 0.290 e. The molecule has 3 heterocycles. The number of pyridine rings is 1. The van der Waals surface area contributed by atoms with Crippen molar-refractivity contribution in [2.45, 2.75) is 140 Å². The molecule has 0 amide bonds. The Morgan fingerprint density at radius 3 is 2.11 bits per heavy atom. The van der Waals surface area contributed by atoms with E-state index in [-0.39, 0.29) is 29.2 Å². The molecule has 1 fully saturated rings. The molecule has 1 aliphatic rings. The number of ether oxygens (including phenoxy) is 2. The zero-order chi connectivity index (χ0) is 41.5. The highest BCUT2D eigenvalue weighted by atomic mass is 32.1. The average molecular weight is 779 g/mol. The monoisotopic (exact) mass is 779 g/mol. The highest BCUT2D eigenvalue weighted by molar-refractivity contribution is 7.11. The van der Waals surface area contributed by atoms with Gasteiger partial charge in [-0.15, -0.1) is 11.3 Å². The van der Waals surface area contributed by atoms with Crippen LogP contribution < -0.4 is 5.56 Å². The number of hydrogen-bond acceptors (Lipinski definition) is 6. The quantitative estimate of drug-likeness (QED) is 0.0721. The highest BCUT2D eigenvalue weighted by Crippen LogP contribution is 2.31. The number of unbranched alkanes of at least 4 members (excludes halogenated alkanes) is 3. The normalized spacial score (nSPS) is 14.8. The summed E-state index contributed by atoms with van der Waals surface area (Å²) in [7, 11) is 0. The average Bonchev–Trinajstić information content (AvgIpc) is 3.68. The Kier molecular flexibility index (Phi) is 31.4. The molecule has 54 heavy (non-hydrogen) atoms. The molecular weight excluding hydrogens is 707 g/mol. The Hall–Kier alpha value is -3.21. The zero-order valence-corrected chi connectivity index (χ0v) is 36.0. The SMILES string of the molecule is C=Cc1c[nH]c(=O)c(C)c1.CC/C=C(/C=C(\N=C(C)C(C)CC)C(F)F)c1cccs1.CCC(C)CCOC1(C(C)C)COC1.CCCCCC.O=CO. The van der Waals surface area contributed by atoms with Gasteiger partial charge in [-0.1, -0.05) is 119 Å². The van der Waals surface area contributed by atoms with Crippen LogP contribution in [0.1, 0.15) is 137 Å². The van der Waals surface area contributed by atoms with Gasteiger partial charge in [-0.2, -0.15) is 0 Å². The minimum Gasteiger partial charge on any atom is -0.483 e. The van der Waals surface area contributed by atoms with Crippen molar-refractivity contribution in [3.63, 3.8) is 0 Å². The third kappa shape index (κ3) is 22.9. The van der Waals surface area contributed by atoms with Crippen molar-refractivity contribution in [2.24, 2.45) is 22.7 Å². The van der Waals surface area contributed by atoms with E-state index in [2.05, 4.69) is 58.1 Å². The van der Waals surface area contributed by atoms with E-state index in [0.717, 1.165) is 65.9 Å². The zero-order valence-electron chi connectivity index (χ0n) is 35.2. The van der Waals surface area contributed by atoms with Crippen LogP contribution in [-0.4, -0.2) is 54.1 Å². The second kappa shape index (κ2) is 32.1. The van der Waals surface area contributed by atoms with Crippen LogP contribution in [0.3, 0.4) is 0 Å². The number of aromatic amines is 1.